The minimum Gasteiger partial charge on any atom is -0.480 e. The largest absolute Gasteiger partial charge is 0.480 e. The van der Waals surface area contributed by atoms with Crippen LogP contribution in [0, 0.1) is 0 Å². The summed E-state index contributed by atoms with van der Waals surface area (Å²) in [5.41, 5.74) is 0. The van der Waals surface area contributed by atoms with Crippen molar-refractivity contribution in [2.24, 2.45) is 0 Å². The monoisotopic (exact) mass is 189 g/mol. The highest BCUT2D eigenvalue weighted by molar-refractivity contribution is 5.80. The molecule has 1 aliphatic rings. The summed E-state index contributed by atoms with van der Waals surface area (Å²) in [7, 11) is 0. The van der Waals surface area contributed by atoms with Crippen molar-refractivity contribution in [1.82, 2.24) is 4.90 Å². The van der Waals surface area contributed by atoms with Crippen LogP contribution in [0.1, 0.15) is 12.8 Å². The summed E-state index contributed by atoms with van der Waals surface area (Å²) in [5, 5.41) is 26.6. The van der Waals surface area contributed by atoms with Gasteiger partial charge in [0.2, 0.25) is 0 Å². The summed E-state index contributed by atoms with van der Waals surface area (Å²) in [4.78, 5) is 21.9. The summed E-state index contributed by atoms with van der Waals surface area (Å²) < 4.78 is 0. The van der Waals surface area contributed by atoms with Crippen LogP contribution in [0.2, 0.25) is 0 Å². The second-order valence-corrected chi connectivity index (χ2v) is 2.97. The highest BCUT2D eigenvalue weighted by atomic mass is 16.4. The quantitative estimate of drug-likeness (QED) is 0.520. The average Bonchev–Trinajstić information content (AvgIpc) is 2.02. The first kappa shape index (κ1) is 9.79. The number of hydrogen-bond acceptors (Lipinski definition) is 3. The molecule has 13 heavy (non-hydrogen) atoms. The van der Waals surface area contributed by atoms with Crippen LogP contribution < -0.4 is 0 Å². The van der Waals surface area contributed by atoms with Gasteiger partial charge in [-0.3, -0.25) is 4.90 Å². The van der Waals surface area contributed by atoms with Gasteiger partial charge in [-0.1, -0.05) is 0 Å². The first-order valence-corrected chi connectivity index (χ1v) is 3.94. The number of nitrogens with zero attached hydrogens (tertiary/aromatic N) is 1. The van der Waals surface area contributed by atoms with Crippen molar-refractivity contribution in [3.63, 3.8) is 0 Å². The van der Waals surface area contributed by atoms with Gasteiger partial charge in [0, 0.05) is 6.54 Å². The molecule has 1 fully saturated rings. The van der Waals surface area contributed by atoms with Gasteiger partial charge in [-0.25, -0.2) is 9.59 Å². The van der Waals surface area contributed by atoms with Crippen LogP contribution >= 0.6 is 0 Å². The zero-order chi connectivity index (χ0) is 10.0. The second-order valence-electron chi connectivity index (χ2n) is 2.97. The molecule has 1 aliphatic heterocycles. The maximum absolute atomic E-state index is 10.6. The molecule has 1 rings (SSSR count). The molecule has 0 aromatic heterocycles. The molecule has 0 bridgehead atoms. The number of hydrogen-bond donors (Lipinski definition) is 3. The fourth-order valence-electron chi connectivity index (χ4n) is 1.49. The standard InChI is InChI=1S/C7H11NO5/c9-4-2-1-3-8(7(12)13)5(4)6(10)11/h4-5,9H,1-3H2,(H,10,11)(H,12,13). The number of rotatable bonds is 1. The van der Waals surface area contributed by atoms with Gasteiger partial charge in [0.15, 0.2) is 6.04 Å². The Morgan fingerprint density at radius 1 is 1.31 bits per heavy atom. The molecule has 0 radical (unpaired) electrons. The molecule has 1 amide bonds. The number of amides is 1. The van der Waals surface area contributed by atoms with E-state index in [4.69, 9.17) is 10.2 Å². The fourth-order valence-corrected chi connectivity index (χ4v) is 1.49. The minimum absolute atomic E-state index is 0.170. The normalized spacial score (nSPS) is 28.5. The lowest BCUT2D eigenvalue weighted by atomic mass is 10.00. The maximum Gasteiger partial charge on any atom is 0.408 e. The average molecular weight is 189 g/mol. The molecule has 0 aromatic rings. The van der Waals surface area contributed by atoms with E-state index in [1.54, 1.807) is 0 Å². The van der Waals surface area contributed by atoms with Crippen molar-refractivity contribution in [2.45, 2.75) is 25.0 Å². The van der Waals surface area contributed by atoms with Crippen molar-refractivity contribution < 1.29 is 24.9 Å². The smallest absolute Gasteiger partial charge is 0.408 e. The van der Waals surface area contributed by atoms with Gasteiger partial charge in [0.05, 0.1) is 6.10 Å². The Bertz CT molecular complexity index is 229. The van der Waals surface area contributed by atoms with E-state index in [1.165, 1.54) is 0 Å². The lowest BCUT2D eigenvalue weighted by Crippen LogP contribution is -2.54. The topological polar surface area (TPSA) is 98.1 Å². The third-order valence-corrected chi connectivity index (χ3v) is 2.10. The second kappa shape index (κ2) is 3.61. The number of aliphatic hydroxyl groups excluding tert-OH is 1. The molecule has 1 saturated heterocycles. The maximum atomic E-state index is 10.6. The molecule has 2 unspecified atom stereocenters. The minimum atomic E-state index is -1.31. The molecule has 2 atom stereocenters. The molecular weight excluding hydrogens is 178 g/mol. The summed E-state index contributed by atoms with van der Waals surface area (Å²) in [6, 6.07) is -1.31. The van der Waals surface area contributed by atoms with E-state index in [-0.39, 0.29) is 6.54 Å². The Hall–Kier alpha value is -1.30. The number of carboxylic acids is 1. The number of aliphatic carboxylic acids is 1. The lowest BCUT2D eigenvalue weighted by Gasteiger charge is -2.34. The molecule has 3 N–H and O–H groups in total. The highest BCUT2D eigenvalue weighted by Crippen LogP contribution is 2.17. The van der Waals surface area contributed by atoms with Crippen LogP contribution in [-0.2, 0) is 4.79 Å². The predicted octanol–water partition coefficient (Wildman–Crippen LogP) is -0.426. The third kappa shape index (κ3) is 1.89. The number of piperidine rings is 1. The van der Waals surface area contributed by atoms with Crippen molar-refractivity contribution >= 4 is 12.1 Å². The van der Waals surface area contributed by atoms with Gasteiger partial charge < -0.3 is 15.3 Å². The zero-order valence-corrected chi connectivity index (χ0v) is 6.88. The molecule has 74 valence electrons. The van der Waals surface area contributed by atoms with Crippen molar-refractivity contribution in [1.29, 1.82) is 0 Å². The first-order chi connectivity index (χ1) is 6.04. The molecule has 0 saturated carbocycles. The van der Waals surface area contributed by atoms with E-state index in [9.17, 15) is 14.7 Å². The summed E-state index contributed by atoms with van der Waals surface area (Å²) in [6.45, 7) is 0.170. The van der Waals surface area contributed by atoms with E-state index in [0.29, 0.717) is 12.8 Å². The zero-order valence-electron chi connectivity index (χ0n) is 6.88. The molecule has 1 heterocycles. The van der Waals surface area contributed by atoms with Crippen LogP contribution in [0.25, 0.3) is 0 Å². The van der Waals surface area contributed by atoms with Crippen molar-refractivity contribution in [3.8, 4) is 0 Å². The van der Waals surface area contributed by atoms with Gasteiger partial charge >= 0.3 is 12.1 Å². The van der Waals surface area contributed by atoms with Crippen LogP contribution in [-0.4, -0.2) is 51.0 Å². The van der Waals surface area contributed by atoms with Gasteiger partial charge in [-0.05, 0) is 12.8 Å². The van der Waals surface area contributed by atoms with Crippen LogP contribution in [0.15, 0.2) is 0 Å². The predicted molar refractivity (Wildman–Crippen MR) is 41.4 cm³/mol. The van der Waals surface area contributed by atoms with E-state index >= 15 is 0 Å². The molecule has 0 spiro atoms. The number of carboxylic acid groups (broad SMARTS) is 2. The number of likely N-dealkylation sites (tertiary alicyclic amines) is 1. The fraction of sp³-hybridized carbons (Fsp3) is 0.714. The molecular formula is C7H11NO5. The third-order valence-electron chi connectivity index (χ3n) is 2.10. The Kier molecular flexibility index (Phi) is 2.72. The highest BCUT2D eigenvalue weighted by Gasteiger charge is 2.38. The Morgan fingerprint density at radius 3 is 2.31 bits per heavy atom. The van der Waals surface area contributed by atoms with E-state index in [0.717, 1.165) is 4.90 Å². The molecule has 0 aliphatic carbocycles. The molecule has 6 nitrogen and oxygen atoms in total. The van der Waals surface area contributed by atoms with Gasteiger partial charge in [0.25, 0.3) is 0 Å². The Labute approximate surface area is 74.4 Å². The SMILES string of the molecule is O=C(O)C1C(O)CCCN1C(=O)O. The Balaban J connectivity index is 2.80. The van der Waals surface area contributed by atoms with Crippen molar-refractivity contribution in [3.05, 3.63) is 0 Å². The molecule has 6 heteroatoms. The lowest BCUT2D eigenvalue weighted by molar-refractivity contribution is -0.148. The van der Waals surface area contributed by atoms with Crippen LogP contribution in [0.5, 0.6) is 0 Å². The summed E-state index contributed by atoms with van der Waals surface area (Å²) >= 11 is 0. The Morgan fingerprint density at radius 2 is 1.92 bits per heavy atom. The molecule has 0 aromatic carbocycles. The van der Waals surface area contributed by atoms with E-state index in [1.807, 2.05) is 0 Å². The number of aliphatic hydroxyl groups is 1. The van der Waals surface area contributed by atoms with Crippen LogP contribution in [0.3, 0.4) is 0 Å². The van der Waals surface area contributed by atoms with Gasteiger partial charge in [-0.2, -0.15) is 0 Å². The summed E-state index contributed by atoms with van der Waals surface area (Å²) in [5.74, 6) is -1.30. The van der Waals surface area contributed by atoms with Crippen LogP contribution in [0.4, 0.5) is 4.79 Å². The first-order valence-electron chi connectivity index (χ1n) is 3.94. The van der Waals surface area contributed by atoms with E-state index in [2.05, 4.69) is 0 Å². The van der Waals surface area contributed by atoms with Gasteiger partial charge in [-0.15, -0.1) is 0 Å². The number of carbonyl (C=O) groups is 2. The van der Waals surface area contributed by atoms with Gasteiger partial charge in [0.1, 0.15) is 0 Å². The summed E-state index contributed by atoms with van der Waals surface area (Å²) in [6.07, 6.45) is -1.56. The van der Waals surface area contributed by atoms with E-state index < -0.39 is 24.2 Å². The van der Waals surface area contributed by atoms with Crippen molar-refractivity contribution in [2.75, 3.05) is 6.54 Å².